The van der Waals surface area contributed by atoms with Gasteiger partial charge in [-0.15, -0.1) is 0 Å². The minimum absolute atomic E-state index is 0. The van der Waals surface area contributed by atoms with Crippen LogP contribution in [0.4, 0.5) is 0 Å². The van der Waals surface area contributed by atoms with Crippen LogP contribution in [0.3, 0.4) is 0 Å². The van der Waals surface area contributed by atoms with Gasteiger partial charge in [-0.25, -0.2) is 0 Å². The van der Waals surface area contributed by atoms with E-state index in [0.717, 1.165) is 0 Å². The first kappa shape index (κ1) is 87.6. The molecule has 5 radical (unpaired) electrons. The van der Waals surface area contributed by atoms with Crippen LogP contribution >= 0.6 is 0 Å². The van der Waals surface area contributed by atoms with Crippen molar-refractivity contribution in [2.45, 2.75) is 0 Å². The summed E-state index contributed by atoms with van der Waals surface area (Å²) in [5.41, 5.74) is 0. The van der Waals surface area contributed by atoms with Crippen LogP contribution in [-0.4, -0.2) is 64.8 Å². The van der Waals surface area contributed by atoms with E-state index in [1.54, 1.807) is 0 Å². The number of hydrogen-bond acceptors (Lipinski definition) is 0. The first-order valence-corrected chi connectivity index (χ1v) is 0. The minimum atomic E-state index is 0. The average Bonchev–Trinajstić information content (AvgIpc) is 0. The van der Waals surface area contributed by atoms with Gasteiger partial charge in [-0.05, 0) is 0 Å². The van der Waals surface area contributed by atoms with Crippen molar-refractivity contribution >= 4 is 48.3 Å². The molecule has 35 valence electrons. The zero-order valence-corrected chi connectivity index (χ0v) is 9.24. The van der Waals surface area contributed by atoms with Crippen LogP contribution < -0.4 is 0 Å². The first-order chi connectivity index (χ1) is 0. The third kappa shape index (κ3) is 30.0. The van der Waals surface area contributed by atoms with E-state index in [-0.39, 0.29) is 64.8 Å². The summed E-state index contributed by atoms with van der Waals surface area (Å²) < 4.78 is 0. The Labute approximate surface area is 64.5 Å². The molecule has 5 heavy (non-hydrogen) atoms. The summed E-state index contributed by atoms with van der Waals surface area (Å²) in [6, 6.07) is 0. The fourth-order valence-corrected chi connectivity index (χ4v) is 0. The van der Waals surface area contributed by atoms with Gasteiger partial charge >= 0.3 is 23.9 Å². The quantitative estimate of drug-likeness (QED) is 0.410. The Morgan fingerprint density at radius 1 is 0.600 bits per heavy atom. The van der Waals surface area contributed by atoms with Crippen molar-refractivity contribution in [1.82, 2.24) is 0 Å². The van der Waals surface area contributed by atoms with Gasteiger partial charge in [0.05, 0.1) is 0 Å². The zero-order valence-electron chi connectivity index (χ0n) is 2.65. The Balaban J connectivity index is 0. The van der Waals surface area contributed by atoms with Gasteiger partial charge in [-0.3, -0.25) is 0 Å². The second kappa shape index (κ2) is 49.6. The van der Waals surface area contributed by atoms with Gasteiger partial charge in [0.25, 0.3) is 0 Å². The molecule has 0 rings (SSSR count). The third-order valence-corrected chi connectivity index (χ3v) is 0. The average molecular weight is 297 g/mol. The molecule has 0 atom stereocenters. The van der Waals surface area contributed by atoms with Gasteiger partial charge in [0, 0.05) is 24.4 Å². The maximum absolute atomic E-state index is 0. The van der Waals surface area contributed by atoms with Gasteiger partial charge in [-0.1, -0.05) is 0 Å². The van der Waals surface area contributed by atoms with Crippen molar-refractivity contribution < 1.29 is 16.4 Å². The molecule has 0 amide bonds. The fraction of sp³-hybridized carbons (Fsp3) is 0. The van der Waals surface area contributed by atoms with E-state index in [1.807, 2.05) is 0 Å². The van der Waals surface area contributed by atoms with E-state index in [1.165, 1.54) is 0 Å². The number of hydrogen-bond donors (Lipinski definition) is 0. The Morgan fingerprint density at radius 2 is 0.600 bits per heavy atom. The van der Waals surface area contributed by atoms with Crippen molar-refractivity contribution in [3.8, 4) is 0 Å². The van der Waals surface area contributed by atoms with Crippen LogP contribution in [-0.2, 0) is 0 Å². The number of rotatable bonds is 0. The molecule has 0 aliphatic rings. The Hall–Kier alpha value is 1.50. The van der Waals surface area contributed by atoms with Crippen LogP contribution in [0, 0.1) is 0 Å². The van der Waals surface area contributed by atoms with E-state index >= 15 is 0 Å². The summed E-state index contributed by atoms with van der Waals surface area (Å²) >= 11 is 0. The molecule has 0 aromatic carbocycles. The molecular weight excluding hydrogens is 288 g/mol. The zero-order chi connectivity index (χ0) is 0. The molecule has 0 unspecified atom stereocenters. The summed E-state index contributed by atoms with van der Waals surface area (Å²) in [5, 5.41) is 0. The summed E-state index contributed by atoms with van der Waals surface area (Å²) in [5.74, 6) is 0. The van der Waals surface area contributed by atoms with Crippen molar-refractivity contribution in [1.29, 1.82) is 0 Å². The van der Waals surface area contributed by atoms with Gasteiger partial charge < -0.3 is 16.4 Å². The molecule has 5 heteroatoms. The monoisotopic (exact) mass is 297 g/mol. The molecule has 0 spiro atoms. The molecule has 0 aliphatic heterocycles. The van der Waals surface area contributed by atoms with Gasteiger partial charge in [0.1, 0.15) is 0 Å². The summed E-state index contributed by atoms with van der Waals surface area (Å²) in [6.07, 6.45) is 0. The van der Waals surface area contributed by atoms with Crippen LogP contribution in [0.5, 0.6) is 0 Å². The molecule has 3 nitrogen and oxygen atoms in total. The van der Waals surface area contributed by atoms with Crippen molar-refractivity contribution in [3.05, 3.63) is 0 Å². The first-order valence-electron chi connectivity index (χ1n) is 0. The second-order valence-corrected chi connectivity index (χ2v) is 0. The fourth-order valence-electron chi connectivity index (χ4n) is 0. The molecule has 0 aliphatic carbocycles. The van der Waals surface area contributed by atoms with Gasteiger partial charge in [0.2, 0.25) is 0 Å². The molecule has 0 aromatic heterocycles. The van der Waals surface area contributed by atoms with E-state index in [0.29, 0.717) is 0 Å². The molecule has 0 bridgehead atoms. The van der Waals surface area contributed by atoms with E-state index in [4.69, 9.17) is 0 Å². The Morgan fingerprint density at radius 3 is 0.600 bits per heavy atom. The third-order valence-electron chi connectivity index (χ3n) is 0. The molecule has 0 heterocycles. The summed E-state index contributed by atoms with van der Waals surface area (Å²) in [6.45, 7) is 0. The predicted molar refractivity (Wildman–Crippen MR) is 25.1 cm³/mol. The van der Waals surface area contributed by atoms with E-state index in [2.05, 4.69) is 0 Å². The van der Waals surface area contributed by atoms with Gasteiger partial charge in [-0.2, -0.15) is 0 Å². The molecule has 0 aromatic rings. The molecule has 0 fully saturated rings. The molecular formula is H8O3SbSn. The van der Waals surface area contributed by atoms with Crippen LogP contribution in [0.15, 0.2) is 0 Å². The Bertz CT molecular complexity index is 6.85. The van der Waals surface area contributed by atoms with Crippen LogP contribution in [0.25, 0.3) is 0 Å². The predicted octanol–water partition coefficient (Wildman–Crippen LogP) is -3.77. The molecule has 6 N–H and O–H groups in total. The van der Waals surface area contributed by atoms with Crippen molar-refractivity contribution in [2.24, 2.45) is 0 Å². The topological polar surface area (TPSA) is 94.5 Å². The van der Waals surface area contributed by atoms with E-state index < -0.39 is 0 Å². The van der Waals surface area contributed by atoms with Gasteiger partial charge in [0.15, 0.2) is 0 Å². The van der Waals surface area contributed by atoms with Crippen molar-refractivity contribution in [2.75, 3.05) is 0 Å². The van der Waals surface area contributed by atoms with E-state index in [9.17, 15) is 0 Å². The molecule has 0 saturated carbocycles. The van der Waals surface area contributed by atoms with Crippen molar-refractivity contribution in [3.63, 3.8) is 0 Å². The maximum atomic E-state index is 0. The standard InChI is InChI=1S/3H2O.Sb.Sn.2H/h3*1H2;;;;. The van der Waals surface area contributed by atoms with Crippen LogP contribution in [0.2, 0.25) is 0 Å². The summed E-state index contributed by atoms with van der Waals surface area (Å²) in [7, 11) is 0. The Kier molecular flexibility index (Phi) is 869. The summed E-state index contributed by atoms with van der Waals surface area (Å²) in [4.78, 5) is 0. The van der Waals surface area contributed by atoms with Crippen LogP contribution in [0.1, 0.15) is 0 Å². The normalized spacial score (nSPS) is 0. The SMILES string of the molecule is O.O.O.[Sb].[SnH2]. The molecule has 0 saturated heterocycles. The second-order valence-electron chi connectivity index (χ2n) is 0.